The van der Waals surface area contributed by atoms with Crippen molar-refractivity contribution in [1.82, 2.24) is 0 Å². The molecule has 0 unspecified atom stereocenters. The molecule has 0 aromatic heterocycles. The van der Waals surface area contributed by atoms with Crippen LogP contribution in [0.4, 0.5) is 11.4 Å². The molecule has 0 heterocycles. The van der Waals surface area contributed by atoms with Crippen LogP contribution in [0.15, 0.2) is 84.4 Å². The molecule has 4 aromatic carbocycles. The van der Waals surface area contributed by atoms with Crippen LogP contribution in [0.2, 0.25) is 0 Å². The summed E-state index contributed by atoms with van der Waals surface area (Å²) < 4.78 is 133. The molecule has 0 aliphatic carbocycles. The van der Waals surface area contributed by atoms with Gasteiger partial charge in [0, 0.05) is 134 Å². The summed E-state index contributed by atoms with van der Waals surface area (Å²) in [5, 5.41) is 16.8. The van der Waals surface area contributed by atoms with Gasteiger partial charge in [-0.1, -0.05) is 24.3 Å². The predicted molar refractivity (Wildman–Crippen MR) is 156 cm³/mol. The summed E-state index contributed by atoms with van der Waals surface area (Å²) in [6.45, 7) is 0. The fourth-order valence-corrected chi connectivity index (χ4v) is 6.42. The summed E-state index contributed by atoms with van der Waals surface area (Å²) >= 11 is 0. The zero-order valence-corrected chi connectivity index (χ0v) is 34.0. The van der Waals surface area contributed by atoms with Crippen molar-refractivity contribution in [3.05, 3.63) is 54.6 Å². The number of fused-ring (bicyclic) bond motifs is 2. The minimum atomic E-state index is -5.33. The number of azo groups is 1. The van der Waals surface area contributed by atoms with E-state index >= 15 is 0 Å². The van der Waals surface area contributed by atoms with Gasteiger partial charge in [0.25, 0.3) is 40.5 Å². The van der Waals surface area contributed by atoms with Gasteiger partial charge < -0.3 is 5.11 Å². The quantitative estimate of drug-likeness (QED) is 0.108. The van der Waals surface area contributed by atoms with Crippen molar-refractivity contribution in [2.45, 2.75) is 19.6 Å². The van der Waals surface area contributed by atoms with Crippen LogP contribution in [-0.4, -0.2) is 175 Å². The van der Waals surface area contributed by atoms with Gasteiger partial charge in [0.1, 0.15) is 20.4 Å². The van der Waals surface area contributed by atoms with Crippen LogP contribution in [0.1, 0.15) is 0 Å². The van der Waals surface area contributed by atoms with Gasteiger partial charge in [-0.3, -0.25) is 18.2 Å². The van der Waals surface area contributed by atoms with E-state index in [1.165, 1.54) is 24.3 Å². The Morgan fingerprint density at radius 3 is 1.53 bits per heavy atom. The van der Waals surface area contributed by atoms with E-state index in [4.69, 9.17) is 0 Å². The smallest absolute Gasteiger partial charge is 0.298 e. The first-order chi connectivity index (χ1) is 17.8. The summed E-state index contributed by atoms with van der Waals surface area (Å²) in [5.41, 5.74) is -1.11. The second kappa shape index (κ2) is 15.6. The van der Waals surface area contributed by atoms with Gasteiger partial charge in [-0.15, -0.1) is 10.2 Å². The summed E-state index contributed by atoms with van der Waals surface area (Å²) in [7, 11) is -20.4. The molecule has 0 fully saturated rings. The molecule has 15 nitrogen and oxygen atoms in total. The molecule has 43 heavy (non-hydrogen) atoms. The number of nitrogens with zero attached hydrogens (tertiary/aromatic N) is 2. The molecule has 0 saturated carbocycles. The molecule has 4 radical (unpaired) electrons. The third-order valence-electron chi connectivity index (χ3n) is 5.34. The second-order valence-corrected chi connectivity index (χ2v) is 13.4. The second-order valence-electron chi connectivity index (χ2n) is 7.82. The van der Waals surface area contributed by atoms with Crippen molar-refractivity contribution < 1.29 is 57.0 Å². The Morgan fingerprint density at radius 1 is 0.535 bits per heavy atom. The number of phenols is 1. The zero-order valence-electron chi connectivity index (χ0n) is 22.7. The fourth-order valence-electron chi connectivity index (χ4n) is 3.74. The molecule has 0 aliphatic rings. The van der Waals surface area contributed by atoms with Crippen molar-refractivity contribution in [3.8, 4) is 5.75 Å². The van der Waals surface area contributed by atoms with Crippen LogP contribution < -0.4 is 0 Å². The zero-order chi connectivity index (χ0) is 29.1. The van der Waals surface area contributed by atoms with Gasteiger partial charge in [0.15, 0.2) is 5.75 Å². The van der Waals surface area contributed by atoms with Gasteiger partial charge in [-0.05, 0) is 35.7 Å². The molecule has 4 rings (SSSR count). The molecule has 210 valence electrons. The maximum Gasteiger partial charge on any atom is 0.298 e. The molecular weight excluding hydrogens is 696 g/mol. The Morgan fingerprint density at radius 2 is 1.05 bits per heavy atom. The van der Waals surface area contributed by atoms with E-state index in [-0.39, 0.29) is 135 Å². The van der Waals surface area contributed by atoms with E-state index in [1.807, 2.05) is 0 Å². The van der Waals surface area contributed by atoms with Crippen LogP contribution in [-0.2, 0) is 40.5 Å². The number of aromatic hydroxyl groups is 1. The maximum atomic E-state index is 12.1. The van der Waals surface area contributed by atoms with Crippen molar-refractivity contribution in [2.75, 3.05) is 0 Å². The van der Waals surface area contributed by atoms with Crippen molar-refractivity contribution in [1.29, 1.82) is 0 Å². The van der Waals surface area contributed by atoms with Crippen molar-refractivity contribution in [2.24, 2.45) is 10.2 Å². The van der Waals surface area contributed by atoms with Crippen molar-refractivity contribution >= 4 is 192 Å². The molecule has 0 spiro atoms. The normalized spacial score (nSPS) is 12.2. The number of hydrogen-bond acceptors (Lipinski definition) is 11. The van der Waals surface area contributed by atoms with E-state index in [0.717, 1.165) is 12.1 Å². The molecule has 23 heteroatoms. The van der Waals surface area contributed by atoms with Gasteiger partial charge in [-0.2, -0.15) is 33.7 Å². The molecular formula is C20H14N2Na4O13S4. The molecule has 4 aromatic rings. The van der Waals surface area contributed by atoms with E-state index in [2.05, 4.69) is 10.2 Å². The van der Waals surface area contributed by atoms with Crippen LogP contribution in [0.3, 0.4) is 0 Å². The van der Waals surface area contributed by atoms with Crippen LogP contribution >= 0.6 is 0 Å². The number of hydrogen-bond donors (Lipinski definition) is 5. The van der Waals surface area contributed by atoms with E-state index in [1.54, 1.807) is 0 Å². The topological polar surface area (TPSA) is 262 Å². The van der Waals surface area contributed by atoms with Gasteiger partial charge in [-0.25, -0.2) is 0 Å². The SMILES string of the molecule is O=S(=O)(O)c1cc(S(=O)(=O)O)c2c(N=Nc3ccc(S(=O)(=O)O)c4ccccc34)c(O)c(S(=O)(=O)O)cc2c1.[Na].[Na].[Na].[Na]. The fraction of sp³-hybridized carbons (Fsp3) is 0. The number of benzene rings is 4. The third-order valence-corrected chi connectivity index (χ3v) is 8.83. The van der Waals surface area contributed by atoms with E-state index in [0.29, 0.717) is 18.2 Å². The molecule has 5 N–H and O–H groups in total. The Bertz CT molecular complexity index is 2190. The molecule has 0 atom stereocenters. The first-order valence-corrected chi connectivity index (χ1v) is 15.7. The molecule has 0 amide bonds. The predicted octanol–water partition coefficient (Wildman–Crippen LogP) is 1.58. The summed E-state index contributed by atoms with van der Waals surface area (Å²) in [6.07, 6.45) is 0. The maximum absolute atomic E-state index is 12.1. The molecule has 0 bridgehead atoms. The largest absolute Gasteiger partial charge is 0.504 e. The minimum absolute atomic E-state index is 0. The molecule has 0 saturated heterocycles. The average Bonchev–Trinajstić information content (AvgIpc) is 2.79. The standard InChI is InChI=1S/C20H14N2O13S4.4Na/c23-20-17(39(33,34)35)8-10-7-11(36(24,25)26)9-16(38(30,31)32)18(10)19(20)22-21-14-5-6-15(37(27,28)29)13-4-2-1-3-12(13)14;;;;/h1-9,23H,(H,24,25,26)(H,27,28,29)(H,30,31,32)(H,33,34,35);;;;. The van der Waals surface area contributed by atoms with Crippen LogP contribution in [0, 0.1) is 0 Å². The first kappa shape index (κ1) is 43.4. The summed E-state index contributed by atoms with van der Waals surface area (Å²) in [6, 6.07) is 8.99. The van der Waals surface area contributed by atoms with Crippen LogP contribution in [0.25, 0.3) is 21.5 Å². The van der Waals surface area contributed by atoms with E-state index < -0.39 is 82.3 Å². The summed E-state index contributed by atoms with van der Waals surface area (Å²) in [5.74, 6) is -1.35. The Balaban J connectivity index is 0.00000441. The Hall–Kier alpha value is 0.440. The van der Waals surface area contributed by atoms with Gasteiger partial charge in [0.2, 0.25) is 0 Å². The molecule has 0 aliphatic heterocycles. The average molecular weight is 711 g/mol. The van der Waals surface area contributed by atoms with E-state index in [9.17, 15) is 57.0 Å². The first-order valence-electron chi connectivity index (χ1n) is 9.97. The number of rotatable bonds is 6. The Kier molecular flexibility index (Phi) is 15.7. The Labute approximate surface area is 333 Å². The minimum Gasteiger partial charge on any atom is -0.504 e. The van der Waals surface area contributed by atoms with Crippen molar-refractivity contribution in [3.63, 3.8) is 0 Å². The monoisotopic (exact) mass is 710 g/mol. The number of phenolic OH excluding ortho intramolecular Hbond substituents is 1. The summed E-state index contributed by atoms with van der Waals surface area (Å²) in [4.78, 5) is -4.08. The third kappa shape index (κ3) is 9.51. The van der Waals surface area contributed by atoms with Crippen LogP contribution in [0.5, 0.6) is 5.75 Å². The van der Waals surface area contributed by atoms with Gasteiger partial charge >= 0.3 is 0 Å². The van der Waals surface area contributed by atoms with Gasteiger partial charge in [0.05, 0.1) is 10.6 Å².